The zero-order chi connectivity index (χ0) is 7.98. The summed E-state index contributed by atoms with van der Waals surface area (Å²) in [7, 11) is 0. The summed E-state index contributed by atoms with van der Waals surface area (Å²) in [5.74, 6) is -0.204. The summed E-state index contributed by atoms with van der Waals surface area (Å²) in [6.07, 6.45) is 1.13. The van der Waals surface area contributed by atoms with E-state index in [4.69, 9.17) is 16.3 Å². The topological polar surface area (TPSA) is 26.3 Å². The first-order valence-electron chi connectivity index (χ1n) is 3.50. The molecule has 0 aromatic rings. The molecule has 0 radical (unpaired) electrons. The molecule has 0 aromatic carbocycles. The molecule has 0 bridgehead atoms. The van der Waals surface area contributed by atoms with Crippen LogP contribution in [0.25, 0.3) is 0 Å². The Balaban J connectivity index is 3.37. The van der Waals surface area contributed by atoms with Crippen molar-refractivity contribution in [2.24, 2.45) is 0 Å². The van der Waals surface area contributed by atoms with E-state index in [9.17, 15) is 4.79 Å². The molecular formula is C7H13ClO2. The van der Waals surface area contributed by atoms with Gasteiger partial charge in [0.25, 0.3) is 0 Å². The minimum atomic E-state index is -0.204. The van der Waals surface area contributed by atoms with Gasteiger partial charge < -0.3 is 4.74 Å². The quantitative estimate of drug-likeness (QED) is 0.469. The molecule has 0 saturated heterocycles. The highest BCUT2D eigenvalue weighted by Crippen LogP contribution is 2.06. The van der Waals surface area contributed by atoms with Crippen molar-refractivity contribution in [3.63, 3.8) is 0 Å². The maximum atomic E-state index is 10.7. The van der Waals surface area contributed by atoms with E-state index >= 15 is 0 Å². The van der Waals surface area contributed by atoms with Crippen molar-refractivity contribution in [1.82, 2.24) is 0 Å². The van der Waals surface area contributed by atoms with Gasteiger partial charge in [-0.2, -0.15) is 0 Å². The molecule has 0 N–H and O–H groups in total. The second kappa shape index (κ2) is 5.54. The molecule has 60 valence electrons. The number of carbonyl (C=O) groups is 1. The first-order valence-corrected chi connectivity index (χ1v) is 3.94. The molecule has 0 fully saturated rings. The number of rotatable bonds is 4. The van der Waals surface area contributed by atoms with Gasteiger partial charge in [0.05, 0.1) is 13.0 Å². The lowest BCUT2D eigenvalue weighted by Crippen LogP contribution is -2.10. The van der Waals surface area contributed by atoms with Gasteiger partial charge in [-0.15, -0.1) is 11.6 Å². The maximum absolute atomic E-state index is 10.7. The Kier molecular flexibility index (Phi) is 5.40. The molecule has 1 atom stereocenters. The molecule has 0 unspecified atom stereocenters. The van der Waals surface area contributed by atoms with Crippen molar-refractivity contribution < 1.29 is 9.53 Å². The van der Waals surface area contributed by atoms with Gasteiger partial charge in [-0.05, 0) is 13.3 Å². The van der Waals surface area contributed by atoms with Crippen LogP contribution in [-0.2, 0) is 9.53 Å². The summed E-state index contributed by atoms with van der Waals surface area (Å²) in [5.41, 5.74) is 0. The molecule has 0 aliphatic carbocycles. The van der Waals surface area contributed by atoms with Crippen molar-refractivity contribution >= 4 is 17.6 Å². The third kappa shape index (κ3) is 4.62. The summed E-state index contributed by atoms with van der Waals surface area (Å²) in [6, 6.07) is 0. The summed E-state index contributed by atoms with van der Waals surface area (Å²) < 4.78 is 4.69. The van der Waals surface area contributed by atoms with Crippen LogP contribution in [0.3, 0.4) is 0 Å². The number of alkyl halides is 1. The molecule has 0 aromatic heterocycles. The van der Waals surface area contributed by atoms with Crippen LogP contribution in [0, 0.1) is 0 Å². The Morgan fingerprint density at radius 2 is 2.20 bits per heavy atom. The SMILES string of the molecule is CCOC(=O)C[C@H](Cl)CC. The number of ether oxygens (including phenoxy) is 1. The fraction of sp³-hybridized carbons (Fsp3) is 0.857. The van der Waals surface area contributed by atoms with E-state index in [0.717, 1.165) is 6.42 Å². The molecule has 3 heteroatoms. The molecule has 0 rings (SSSR count). The van der Waals surface area contributed by atoms with E-state index < -0.39 is 0 Å². The van der Waals surface area contributed by atoms with Crippen molar-refractivity contribution in [1.29, 1.82) is 0 Å². The van der Waals surface area contributed by atoms with Crippen molar-refractivity contribution in [3.8, 4) is 0 Å². The Bertz CT molecular complexity index is 104. The molecule has 0 spiro atoms. The second-order valence-electron chi connectivity index (χ2n) is 2.01. The predicted molar refractivity (Wildman–Crippen MR) is 41.2 cm³/mol. The number of halogens is 1. The molecule has 0 aliphatic rings. The first-order chi connectivity index (χ1) is 4.70. The lowest BCUT2D eigenvalue weighted by atomic mass is 10.2. The van der Waals surface area contributed by atoms with E-state index in [2.05, 4.69) is 0 Å². The molecule has 0 heterocycles. The molecule has 0 aliphatic heterocycles. The fourth-order valence-electron chi connectivity index (χ4n) is 0.545. The Labute approximate surface area is 66.5 Å². The zero-order valence-electron chi connectivity index (χ0n) is 6.39. The zero-order valence-corrected chi connectivity index (χ0v) is 7.15. The summed E-state index contributed by atoms with van der Waals surface area (Å²) >= 11 is 5.70. The number of carbonyl (C=O) groups excluding carboxylic acids is 1. The highest BCUT2D eigenvalue weighted by Gasteiger charge is 2.08. The molecule has 0 saturated carbocycles. The van der Waals surface area contributed by atoms with Crippen molar-refractivity contribution in [3.05, 3.63) is 0 Å². The van der Waals surface area contributed by atoms with Crippen LogP contribution >= 0.6 is 11.6 Å². The van der Waals surface area contributed by atoms with E-state index in [1.165, 1.54) is 0 Å². The van der Waals surface area contributed by atoms with E-state index in [-0.39, 0.29) is 11.3 Å². The van der Waals surface area contributed by atoms with Crippen LogP contribution in [0.5, 0.6) is 0 Å². The van der Waals surface area contributed by atoms with Gasteiger partial charge in [-0.1, -0.05) is 6.92 Å². The Hall–Kier alpha value is -0.240. The molecule has 10 heavy (non-hydrogen) atoms. The minimum Gasteiger partial charge on any atom is -0.466 e. The van der Waals surface area contributed by atoms with Gasteiger partial charge in [0.2, 0.25) is 0 Å². The predicted octanol–water partition coefficient (Wildman–Crippen LogP) is 1.96. The van der Waals surface area contributed by atoms with Gasteiger partial charge in [0.1, 0.15) is 0 Å². The smallest absolute Gasteiger partial charge is 0.307 e. The average molecular weight is 165 g/mol. The molecular weight excluding hydrogens is 152 g/mol. The number of esters is 1. The number of hydrogen-bond donors (Lipinski definition) is 0. The van der Waals surface area contributed by atoms with E-state index in [1.54, 1.807) is 6.92 Å². The second-order valence-corrected chi connectivity index (χ2v) is 2.63. The Morgan fingerprint density at radius 3 is 2.60 bits per heavy atom. The largest absolute Gasteiger partial charge is 0.466 e. The minimum absolute atomic E-state index is 0.0703. The first kappa shape index (κ1) is 9.76. The van der Waals surface area contributed by atoms with Crippen LogP contribution in [0.4, 0.5) is 0 Å². The molecule has 2 nitrogen and oxygen atoms in total. The van der Waals surface area contributed by atoms with Gasteiger partial charge in [-0.25, -0.2) is 0 Å². The van der Waals surface area contributed by atoms with Gasteiger partial charge in [0, 0.05) is 5.38 Å². The highest BCUT2D eigenvalue weighted by molar-refractivity contribution is 6.21. The van der Waals surface area contributed by atoms with Crippen LogP contribution in [0.1, 0.15) is 26.7 Å². The number of hydrogen-bond acceptors (Lipinski definition) is 2. The van der Waals surface area contributed by atoms with Gasteiger partial charge in [0.15, 0.2) is 0 Å². The van der Waals surface area contributed by atoms with Crippen molar-refractivity contribution in [2.75, 3.05) is 6.61 Å². The molecule has 0 amide bonds. The van der Waals surface area contributed by atoms with E-state index in [1.807, 2.05) is 6.92 Å². The normalized spacial score (nSPS) is 12.7. The van der Waals surface area contributed by atoms with Crippen LogP contribution in [0.15, 0.2) is 0 Å². The average Bonchev–Trinajstić information content (AvgIpc) is 1.88. The fourth-order valence-corrected chi connectivity index (χ4v) is 0.671. The van der Waals surface area contributed by atoms with E-state index in [0.29, 0.717) is 13.0 Å². The monoisotopic (exact) mass is 164 g/mol. The van der Waals surface area contributed by atoms with Crippen LogP contribution < -0.4 is 0 Å². The van der Waals surface area contributed by atoms with Gasteiger partial charge >= 0.3 is 5.97 Å². The standard InChI is InChI=1S/C7H13ClO2/c1-3-6(8)5-7(9)10-4-2/h6H,3-5H2,1-2H3/t6-/m1/s1. The maximum Gasteiger partial charge on any atom is 0.307 e. The van der Waals surface area contributed by atoms with Crippen molar-refractivity contribution in [2.45, 2.75) is 32.1 Å². The Morgan fingerprint density at radius 1 is 1.60 bits per heavy atom. The lowest BCUT2D eigenvalue weighted by Gasteiger charge is -2.04. The summed E-state index contributed by atoms with van der Waals surface area (Å²) in [5, 5.41) is -0.0703. The van der Waals surface area contributed by atoms with Crippen LogP contribution in [-0.4, -0.2) is 18.0 Å². The third-order valence-electron chi connectivity index (χ3n) is 1.14. The highest BCUT2D eigenvalue weighted by atomic mass is 35.5. The summed E-state index contributed by atoms with van der Waals surface area (Å²) in [6.45, 7) is 4.16. The van der Waals surface area contributed by atoms with Crippen LogP contribution in [0.2, 0.25) is 0 Å². The third-order valence-corrected chi connectivity index (χ3v) is 1.60. The lowest BCUT2D eigenvalue weighted by molar-refractivity contribution is -0.143. The summed E-state index contributed by atoms with van der Waals surface area (Å²) in [4.78, 5) is 10.7. The van der Waals surface area contributed by atoms with Gasteiger partial charge in [-0.3, -0.25) is 4.79 Å².